The lowest BCUT2D eigenvalue weighted by Crippen LogP contribution is -2.33. The third kappa shape index (κ3) is 8.94. The van der Waals surface area contributed by atoms with Crippen LogP contribution in [0.3, 0.4) is 0 Å². The van der Waals surface area contributed by atoms with Gasteiger partial charge in [-0.1, -0.05) is 34.6 Å². The van der Waals surface area contributed by atoms with Gasteiger partial charge in [-0.2, -0.15) is 0 Å². The number of oxime groups is 2. The average Bonchev–Trinajstić information content (AvgIpc) is 3.06. The lowest BCUT2D eigenvalue weighted by Gasteiger charge is -2.14. The highest BCUT2D eigenvalue weighted by molar-refractivity contribution is 9.11. The zero-order valence-electron chi connectivity index (χ0n) is 25.2. The fourth-order valence-corrected chi connectivity index (χ4v) is 6.85. The van der Waals surface area contributed by atoms with E-state index in [-0.39, 0.29) is 48.9 Å². The molecule has 0 aliphatic carbocycles. The Hall–Kier alpha value is -4.40. The van der Waals surface area contributed by atoms with Gasteiger partial charge < -0.3 is 35.6 Å². The Morgan fingerprint density at radius 2 is 1.21 bits per heavy atom. The monoisotopic (exact) mass is 842 g/mol. The lowest BCUT2D eigenvalue weighted by molar-refractivity contribution is -0.115. The maximum absolute atomic E-state index is 12.9. The number of carbonyl (C=O) groups is 2. The Labute approximate surface area is 301 Å². The summed E-state index contributed by atoms with van der Waals surface area (Å²) in [5.74, 6) is 0.533. The van der Waals surface area contributed by atoms with E-state index in [1.807, 2.05) is 12.1 Å². The minimum absolute atomic E-state index is 0.0387. The van der Waals surface area contributed by atoms with Crippen LogP contribution in [0.15, 0.2) is 96.5 Å². The van der Waals surface area contributed by atoms with Crippen LogP contribution < -0.4 is 20.1 Å². The molecule has 0 saturated heterocycles. The van der Waals surface area contributed by atoms with Crippen LogP contribution in [0.5, 0.6) is 28.7 Å². The highest BCUT2D eigenvalue weighted by Gasteiger charge is 2.18. The number of nitrogens with one attached hydrogen (secondary N) is 2. The second-order valence-electron chi connectivity index (χ2n) is 10.8. The van der Waals surface area contributed by atoms with Crippen molar-refractivity contribution in [3.8, 4) is 28.7 Å². The maximum atomic E-state index is 12.9. The fraction of sp³-hybridized carbons (Fsp3) is 0.176. The van der Waals surface area contributed by atoms with Crippen molar-refractivity contribution in [2.75, 3.05) is 13.1 Å². The summed E-state index contributed by atoms with van der Waals surface area (Å²) in [5, 5.41) is 41.8. The van der Waals surface area contributed by atoms with Crippen molar-refractivity contribution in [1.29, 1.82) is 0 Å². The molecule has 7 rings (SSSR count). The minimum atomic E-state index is -0.531. The van der Waals surface area contributed by atoms with Gasteiger partial charge in [0.25, 0.3) is 11.8 Å². The predicted octanol–water partition coefficient (Wildman–Crippen LogP) is 7.04. The van der Waals surface area contributed by atoms with Crippen LogP contribution >= 0.6 is 47.8 Å². The van der Waals surface area contributed by atoms with Gasteiger partial charge in [0.05, 0.1) is 13.4 Å². The first-order chi connectivity index (χ1) is 23.1. The summed E-state index contributed by atoms with van der Waals surface area (Å²) >= 11 is 10.6. The molecule has 2 amide bonds. The summed E-state index contributed by atoms with van der Waals surface area (Å²) in [6.45, 7) is 0.526. The molecule has 48 heavy (non-hydrogen) atoms. The summed E-state index contributed by atoms with van der Waals surface area (Å²) in [6, 6.07) is 20.9. The molecule has 4 aromatic rings. The van der Waals surface area contributed by atoms with Crippen LogP contribution in [0.2, 0.25) is 0 Å². The quantitative estimate of drug-likeness (QED) is 0.0937. The number of benzene rings is 4. The van der Waals surface area contributed by atoms with E-state index in [4.69, 9.17) is 9.47 Å². The van der Waals surface area contributed by atoms with Gasteiger partial charge in [-0.05, 0) is 131 Å². The molecule has 8 bridgehead atoms. The zero-order chi connectivity index (χ0) is 34.2. The topological polar surface area (TPSA) is 162 Å². The van der Waals surface area contributed by atoms with Crippen molar-refractivity contribution in [2.24, 2.45) is 10.3 Å². The molecule has 0 radical (unpaired) electrons. The van der Waals surface area contributed by atoms with Crippen LogP contribution in [0.4, 0.5) is 0 Å². The molecule has 0 aromatic heterocycles. The largest absolute Gasteiger partial charge is 0.504 e. The van der Waals surface area contributed by atoms with E-state index in [9.17, 15) is 25.1 Å². The molecular formula is C34H29Br3N4O7. The second kappa shape index (κ2) is 16.1. The maximum Gasteiger partial charge on any atom is 0.269 e. The van der Waals surface area contributed by atoms with Crippen molar-refractivity contribution >= 4 is 71.0 Å². The summed E-state index contributed by atoms with van der Waals surface area (Å²) < 4.78 is 13.9. The molecule has 4 aromatic carbocycles. The van der Waals surface area contributed by atoms with E-state index in [1.165, 1.54) is 6.07 Å². The van der Waals surface area contributed by atoms with Crippen LogP contribution in [0.1, 0.15) is 22.3 Å². The number of phenols is 1. The first-order valence-electron chi connectivity index (χ1n) is 14.6. The Kier molecular flexibility index (Phi) is 11.7. The molecule has 0 unspecified atom stereocenters. The third-order valence-corrected chi connectivity index (χ3v) is 9.12. The van der Waals surface area contributed by atoms with Crippen molar-refractivity contribution < 1.29 is 34.6 Å². The number of aromatic hydroxyl groups is 1. The molecule has 0 atom stereocenters. The van der Waals surface area contributed by atoms with Crippen LogP contribution in [0.25, 0.3) is 0 Å². The average molecular weight is 845 g/mol. The number of halogens is 3. The Morgan fingerprint density at radius 3 is 1.83 bits per heavy atom. The number of phenolic OH excluding ortho intramolecular Hbond substituents is 1. The number of rotatable bonds is 0. The summed E-state index contributed by atoms with van der Waals surface area (Å²) in [4.78, 5) is 25.8. The van der Waals surface area contributed by atoms with Crippen molar-refractivity contribution in [1.82, 2.24) is 10.6 Å². The van der Waals surface area contributed by atoms with Crippen molar-refractivity contribution in [3.05, 3.63) is 108 Å². The number of carbonyl (C=O) groups excluding carboxylic acids is 2. The van der Waals surface area contributed by atoms with Gasteiger partial charge in [-0.3, -0.25) is 9.59 Å². The summed E-state index contributed by atoms with van der Waals surface area (Å²) in [5.41, 5.74) is 2.89. The van der Waals surface area contributed by atoms with Gasteiger partial charge in [0.2, 0.25) is 0 Å². The molecule has 14 heteroatoms. The number of hydrogen-bond acceptors (Lipinski definition) is 9. The smallest absolute Gasteiger partial charge is 0.269 e. The SMILES string of the molecule is O=C1NCCc2ccc(O)c(c2)Oc2ccc(cc2Br)CCNC(=O)/C(=N/O)Cc2cc(Br)c(c(Br)c2)Oc2cccc(c2)C/C1=N\O. The van der Waals surface area contributed by atoms with Crippen molar-refractivity contribution in [3.63, 3.8) is 0 Å². The fourth-order valence-electron chi connectivity index (χ4n) is 4.90. The normalized spacial score (nSPS) is 16.4. The van der Waals surface area contributed by atoms with Gasteiger partial charge in [-0.25, -0.2) is 0 Å². The minimum Gasteiger partial charge on any atom is -0.504 e. The number of amides is 2. The molecule has 248 valence electrons. The van der Waals surface area contributed by atoms with E-state index in [1.54, 1.807) is 54.6 Å². The lowest BCUT2D eigenvalue weighted by atomic mass is 10.1. The number of ether oxygens (including phenoxy) is 2. The molecule has 3 aliphatic heterocycles. The van der Waals surface area contributed by atoms with E-state index in [0.29, 0.717) is 54.6 Å². The molecular weight excluding hydrogens is 816 g/mol. The number of fused-ring (bicyclic) bond motifs is 2. The van der Waals surface area contributed by atoms with Crippen LogP contribution in [-0.2, 0) is 35.3 Å². The van der Waals surface area contributed by atoms with E-state index >= 15 is 0 Å². The molecule has 11 nitrogen and oxygen atoms in total. The summed E-state index contributed by atoms with van der Waals surface area (Å²) in [7, 11) is 0. The van der Waals surface area contributed by atoms with Crippen LogP contribution in [-0.4, -0.2) is 51.8 Å². The molecule has 0 spiro atoms. The van der Waals surface area contributed by atoms with Crippen LogP contribution in [0, 0.1) is 0 Å². The highest BCUT2D eigenvalue weighted by atomic mass is 79.9. The van der Waals surface area contributed by atoms with Crippen molar-refractivity contribution in [2.45, 2.75) is 25.7 Å². The van der Waals surface area contributed by atoms with E-state index in [0.717, 1.165) is 11.1 Å². The Morgan fingerprint density at radius 1 is 0.625 bits per heavy atom. The first kappa shape index (κ1) is 34.9. The van der Waals surface area contributed by atoms with E-state index < -0.39 is 11.8 Å². The number of nitrogens with zero attached hydrogens (tertiary/aromatic N) is 2. The Balaban J connectivity index is 1.42. The molecule has 0 fully saturated rings. The Bertz CT molecular complexity index is 1890. The first-order valence-corrected chi connectivity index (χ1v) is 17.0. The van der Waals surface area contributed by atoms with E-state index in [2.05, 4.69) is 68.7 Å². The molecule has 0 saturated carbocycles. The summed E-state index contributed by atoms with van der Waals surface area (Å²) in [6.07, 6.45) is 0.994. The van der Waals surface area contributed by atoms with Gasteiger partial charge in [0.1, 0.15) is 22.9 Å². The third-order valence-electron chi connectivity index (χ3n) is 7.32. The second-order valence-corrected chi connectivity index (χ2v) is 13.3. The molecule has 5 N–H and O–H groups in total. The molecule has 3 aliphatic rings. The predicted molar refractivity (Wildman–Crippen MR) is 190 cm³/mol. The van der Waals surface area contributed by atoms with Gasteiger partial charge >= 0.3 is 0 Å². The standard InChI is InChI=1S/C34H29Br3N4O7/c35-24-13-19-5-7-30(24)48-31-18-20(4-6-29(31)42)9-11-39-33(43)27(40-45)16-21-2-1-3-23(12-21)47-32-25(36)14-22(15-26(32)37)17-28(41-46)34(44)38-10-8-19/h1-7,12-15,18,42,45-46H,8-11,16-17H2,(H,38,44)(H,39,43)/b40-27+,41-28+. The highest BCUT2D eigenvalue weighted by Crippen LogP contribution is 2.39. The van der Waals surface area contributed by atoms with Gasteiger partial charge in [0, 0.05) is 25.9 Å². The van der Waals surface area contributed by atoms with Gasteiger partial charge in [0.15, 0.2) is 17.2 Å². The zero-order valence-corrected chi connectivity index (χ0v) is 29.9. The molecule has 3 heterocycles. The number of hydrogen-bond donors (Lipinski definition) is 5. The van der Waals surface area contributed by atoms with Gasteiger partial charge in [-0.15, -0.1) is 0 Å².